The molecule has 146 valence electrons. The first-order chi connectivity index (χ1) is 12.5. The van der Waals surface area contributed by atoms with E-state index in [1.807, 2.05) is 0 Å². The number of halogens is 9. The average Bonchev–Trinajstić information content (AvgIpc) is 2.53. The molecule has 0 unspecified atom stereocenters. The Balaban J connectivity index is 2.30. The number of hydrogen-bond acceptors (Lipinski definition) is 2. The zero-order valence-electron chi connectivity index (χ0n) is 12.8. The van der Waals surface area contributed by atoms with Crippen LogP contribution >= 0.6 is 78.3 Å². The molecule has 0 saturated carbocycles. The van der Waals surface area contributed by atoms with E-state index in [1.165, 1.54) is 12.1 Å². The summed E-state index contributed by atoms with van der Waals surface area (Å²) in [5.74, 6) is 0.162. The van der Waals surface area contributed by atoms with Crippen molar-refractivity contribution in [3.8, 4) is 17.2 Å². The Bertz CT molecular complexity index is 862. The predicted molar refractivity (Wildman–Crippen MR) is 109 cm³/mol. The van der Waals surface area contributed by atoms with E-state index in [9.17, 15) is 13.2 Å². The van der Waals surface area contributed by atoms with Gasteiger partial charge in [-0.05, 0) is 50.1 Å². The van der Waals surface area contributed by atoms with E-state index in [-0.39, 0.29) is 43.9 Å². The largest absolute Gasteiger partial charge is 0.488 e. The second-order valence-corrected chi connectivity index (χ2v) is 9.29. The van der Waals surface area contributed by atoms with E-state index in [1.54, 1.807) is 6.08 Å². The highest BCUT2D eigenvalue weighted by Crippen LogP contribution is 2.44. The van der Waals surface area contributed by atoms with Crippen LogP contribution in [0.15, 0.2) is 33.7 Å². The Labute approximate surface area is 189 Å². The molecule has 0 aliphatic carbocycles. The maximum atomic E-state index is 12.8. The number of hydrogen-bond donors (Lipinski definition) is 0. The quantitative estimate of drug-likeness (QED) is 0.346. The molecule has 0 fully saturated rings. The molecule has 0 spiro atoms. The highest BCUT2D eigenvalue weighted by molar-refractivity contribution is 9.28. The van der Waals surface area contributed by atoms with Gasteiger partial charge in [0, 0.05) is 12.1 Å². The fourth-order valence-electron chi connectivity index (χ4n) is 1.82. The summed E-state index contributed by atoms with van der Waals surface area (Å²) >= 11 is 30.4. The summed E-state index contributed by atoms with van der Waals surface area (Å²) in [7, 11) is 0. The van der Waals surface area contributed by atoms with Gasteiger partial charge in [0.25, 0.3) is 0 Å². The molecule has 0 N–H and O–H groups in total. The molecule has 0 aliphatic rings. The Morgan fingerprint density at radius 1 is 0.889 bits per heavy atom. The van der Waals surface area contributed by atoms with Crippen LogP contribution in [0.5, 0.6) is 17.2 Å². The Hall–Kier alpha value is -0.310. The third-order valence-electron chi connectivity index (χ3n) is 3.00. The van der Waals surface area contributed by atoms with E-state index in [2.05, 4.69) is 31.9 Å². The Morgan fingerprint density at radius 2 is 1.41 bits per heavy atom. The van der Waals surface area contributed by atoms with Gasteiger partial charge in [0.05, 0.1) is 29.0 Å². The lowest BCUT2D eigenvalue weighted by molar-refractivity contribution is -0.137. The summed E-state index contributed by atoms with van der Waals surface area (Å²) in [6.07, 6.45) is -2.90. The van der Waals surface area contributed by atoms with Crippen molar-refractivity contribution >= 4 is 78.3 Å². The lowest BCUT2D eigenvalue weighted by atomic mass is 10.2. The number of ether oxygens (including phenoxy) is 2. The van der Waals surface area contributed by atoms with Crippen LogP contribution in [0.3, 0.4) is 0 Å². The summed E-state index contributed by atoms with van der Waals surface area (Å²) in [6.45, 7) is 0.207. The summed E-state index contributed by atoms with van der Waals surface area (Å²) in [6, 6.07) is 4.16. The van der Waals surface area contributed by atoms with Crippen LogP contribution in [0.2, 0.25) is 20.1 Å². The van der Waals surface area contributed by atoms with E-state index < -0.39 is 11.7 Å². The standard InChI is InChI=1S/C16H7Br2Cl4F3O2/c17-14(18)1-2-26-12-5-9(20)13(6-8(12)19)27-15-10(21)3-7(4-11(15)22)16(23,24)25/h1,3-6H,2H2. The van der Waals surface area contributed by atoms with Gasteiger partial charge in [0.15, 0.2) is 5.75 Å². The van der Waals surface area contributed by atoms with E-state index in [0.717, 1.165) is 0 Å². The molecule has 27 heavy (non-hydrogen) atoms. The molecule has 2 aromatic carbocycles. The maximum Gasteiger partial charge on any atom is 0.416 e. The van der Waals surface area contributed by atoms with E-state index in [0.29, 0.717) is 15.5 Å². The molecule has 0 heterocycles. The van der Waals surface area contributed by atoms with E-state index >= 15 is 0 Å². The SMILES string of the molecule is FC(F)(F)c1cc(Cl)c(Oc2cc(Cl)c(OCC=C(Br)Br)cc2Cl)c(Cl)c1. The van der Waals surface area contributed by atoms with Crippen LogP contribution in [-0.2, 0) is 6.18 Å². The Kier molecular flexibility index (Phi) is 8.05. The minimum Gasteiger partial charge on any atom is -0.488 e. The van der Waals surface area contributed by atoms with Gasteiger partial charge in [-0.1, -0.05) is 46.4 Å². The van der Waals surface area contributed by atoms with Crippen molar-refractivity contribution in [2.45, 2.75) is 6.18 Å². The summed E-state index contributed by atoms with van der Waals surface area (Å²) < 4.78 is 50.0. The zero-order valence-corrected chi connectivity index (χ0v) is 19.0. The highest BCUT2D eigenvalue weighted by Gasteiger charge is 2.32. The second-order valence-electron chi connectivity index (χ2n) is 4.89. The smallest absolute Gasteiger partial charge is 0.416 e. The number of alkyl halides is 3. The van der Waals surface area contributed by atoms with Crippen molar-refractivity contribution in [1.29, 1.82) is 0 Å². The molecule has 0 aromatic heterocycles. The van der Waals surface area contributed by atoms with Gasteiger partial charge in [-0.15, -0.1) is 0 Å². The first kappa shape index (κ1) is 23.0. The van der Waals surface area contributed by atoms with Crippen molar-refractivity contribution in [3.63, 3.8) is 0 Å². The molecule has 2 nitrogen and oxygen atoms in total. The summed E-state index contributed by atoms with van der Waals surface area (Å²) in [4.78, 5) is 0. The van der Waals surface area contributed by atoms with Gasteiger partial charge in [0.2, 0.25) is 0 Å². The van der Waals surface area contributed by atoms with Crippen molar-refractivity contribution < 1.29 is 22.6 Å². The molecule has 0 radical (unpaired) electrons. The van der Waals surface area contributed by atoms with Gasteiger partial charge in [-0.3, -0.25) is 0 Å². The predicted octanol–water partition coefficient (Wildman–Crippen LogP) is 9.12. The zero-order chi connectivity index (χ0) is 20.4. The number of benzene rings is 2. The van der Waals surface area contributed by atoms with Gasteiger partial charge in [-0.25, -0.2) is 0 Å². The van der Waals surface area contributed by atoms with E-state index in [4.69, 9.17) is 55.9 Å². The molecule has 0 aliphatic heterocycles. The minimum atomic E-state index is -4.59. The van der Waals surface area contributed by atoms with Crippen LogP contribution in [0, 0.1) is 0 Å². The van der Waals surface area contributed by atoms with Crippen LogP contribution in [0.25, 0.3) is 0 Å². The molecule has 2 aromatic rings. The van der Waals surface area contributed by atoms with Crippen LogP contribution in [0.1, 0.15) is 5.56 Å². The molecule has 11 heteroatoms. The molecule has 2 rings (SSSR count). The Morgan fingerprint density at radius 3 is 1.93 bits per heavy atom. The lowest BCUT2D eigenvalue weighted by Gasteiger charge is -2.15. The number of rotatable bonds is 5. The monoisotopic (exact) mass is 586 g/mol. The lowest BCUT2D eigenvalue weighted by Crippen LogP contribution is -2.05. The molecule has 0 atom stereocenters. The molecule has 0 bridgehead atoms. The van der Waals surface area contributed by atoms with Gasteiger partial charge >= 0.3 is 6.18 Å². The molecular formula is C16H7Br2Cl4F3O2. The minimum absolute atomic E-state index is 0.0507. The van der Waals surface area contributed by atoms with Crippen LogP contribution < -0.4 is 9.47 Å². The van der Waals surface area contributed by atoms with Crippen LogP contribution in [0.4, 0.5) is 13.2 Å². The first-order valence-corrected chi connectivity index (χ1v) is 9.96. The van der Waals surface area contributed by atoms with Gasteiger partial charge in [0.1, 0.15) is 18.1 Å². The van der Waals surface area contributed by atoms with Gasteiger partial charge in [-0.2, -0.15) is 13.2 Å². The highest BCUT2D eigenvalue weighted by atomic mass is 79.9. The fraction of sp³-hybridized carbons (Fsp3) is 0.125. The topological polar surface area (TPSA) is 18.5 Å². The third-order valence-corrected chi connectivity index (χ3v) is 4.80. The third kappa shape index (κ3) is 6.34. The summed E-state index contributed by atoms with van der Waals surface area (Å²) in [5.41, 5.74) is -0.997. The van der Waals surface area contributed by atoms with Crippen molar-refractivity contribution in [2.75, 3.05) is 6.61 Å². The van der Waals surface area contributed by atoms with Crippen molar-refractivity contribution in [3.05, 3.63) is 59.4 Å². The second kappa shape index (κ2) is 9.46. The van der Waals surface area contributed by atoms with Crippen LogP contribution in [-0.4, -0.2) is 6.61 Å². The molecule has 0 saturated heterocycles. The maximum absolute atomic E-state index is 12.8. The normalized spacial score (nSPS) is 11.3. The molecular weight excluding hydrogens is 583 g/mol. The fourth-order valence-corrected chi connectivity index (χ4v) is 3.05. The summed E-state index contributed by atoms with van der Waals surface area (Å²) in [5, 5.41) is -0.375. The van der Waals surface area contributed by atoms with Gasteiger partial charge < -0.3 is 9.47 Å². The average molecular weight is 590 g/mol. The van der Waals surface area contributed by atoms with Crippen molar-refractivity contribution in [2.24, 2.45) is 0 Å². The molecule has 0 amide bonds. The van der Waals surface area contributed by atoms with Crippen molar-refractivity contribution in [1.82, 2.24) is 0 Å². The first-order valence-electron chi connectivity index (χ1n) is 6.86.